The summed E-state index contributed by atoms with van der Waals surface area (Å²) in [5, 5.41) is 11.2. The maximum Gasteiger partial charge on any atom is 0.270 e. The lowest BCUT2D eigenvalue weighted by atomic mass is 10.1. The summed E-state index contributed by atoms with van der Waals surface area (Å²) in [6.07, 6.45) is 6.68. The van der Waals surface area contributed by atoms with E-state index in [-0.39, 0.29) is 11.5 Å². The van der Waals surface area contributed by atoms with Crippen LogP contribution in [0.5, 0.6) is 0 Å². The van der Waals surface area contributed by atoms with Crippen LogP contribution in [-0.4, -0.2) is 15.3 Å². The van der Waals surface area contributed by atoms with Crippen molar-refractivity contribution in [3.05, 3.63) is 99.3 Å². The fourth-order valence-corrected chi connectivity index (χ4v) is 2.52. The van der Waals surface area contributed by atoms with Gasteiger partial charge in [-0.25, -0.2) is 0 Å². The average molecular weight is 353 g/mol. The largest absolute Gasteiger partial charge is 0.324 e. The molecule has 0 saturated carbocycles. The molecule has 0 saturated heterocycles. The molecule has 0 aliphatic heterocycles. The number of aromatic nitrogens is 1. The highest BCUT2D eigenvalue weighted by atomic mass is 35.5. The zero-order valence-electron chi connectivity index (χ0n) is 13.0. The van der Waals surface area contributed by atoms with Gasteiger partial charge in [-0.15, -0.1) is 0 Å². The number of rotatable bonds is 5. The number of halogens is 1. The van der Waals surface area contributed by atoms with Gasteiger partial charge in [0.25, 0.3) is 5.69 Å². The van der Waals surface area contributed by atoms with Crippen LogP contribution in [0.25, 0.3) is 11.8 Å². The normalized spacial score (nSPS) is 10.9. The standard InChI is InChI=1S/C19H13ClN2O3/c20-18-9-8-17(22(24)25)13-15(18)5-10-19(23)14-3-6-16(7-4-14)21-11-1-2-12-21/h1-13H/b10-5+. The van der Waals surface area contributed by atoms with Gasteiger partial charge in [0.1, 0.15) is 0 Å². The molecule has 5 nitrogen and oxygen atoms in total. The first-order chi connectivity index (χ1) is 12.0. The molecule has 0 N–H and O–H groups in total. The Labute approximate surface area is 148 Å². The number of carbonyl (C=O) groups is 1. The third kappa shape index (κ3) is 3.84. The fourth-order valence-electron chi connectivity index (χ4n) is 2.34. The minimum atomic E-state index is -0.505. The Bertz CT molecular complexity index is 945. The molecule has 2 aromatic carbocycles. The van der Waals surface area contributed by atoms with E-state index in [9.17, 15) is 14.9 Å². The number of nitrogens with zero attached hydrogens (tertiary/aromatic N) is 2. The first-order valence-corrected chi connectivity index (χ1v) is 7.82. The molecule has 0 radical (unpaired) electrons. The lowest BCUT2D eigenvalue weighted by Crippen LogP contribution is -1.96. The minimum absolute atomic E-state index is 0.0763. The maximum atomic E-state index is 12.3. The van der Waals surface area contributed by atoms with Crippen molar-refractivity contribution in [2.45, 2.75) is 0 Å². The van der Waals surface area contributed by atoms with E-state index in [1.54, 1.807) is 12.1 Å². The summed E-state index contributed by atoms with van der Waals surface area (Å²) in [4.78, 5) is 22.6. The number of non-ortho nitro benzene ring substituents is 1. The quantitative estimate of drug-likeness (QED) is 0.283. The summed E-state index contributed by atoms with van der Waals surface area (Å²) in [6, 6.07) is 15.1. The van der Waals surface area contributed by atoms with Gasteiger partial charge in [-0.3, -0.25) is 14.9 Å². The van der Waals surface area contributed by atoms with Crippen LogP contribution in [0.15, 0.2) is 73.1 Å². The van der Waals surface area contributed by atoms with Crippen molar-refractivity contribution in [3.63, 3.8) is 0 Å². The van der Waals surface area contributed by atoms with Crippen LogP contribution < -0.4 is 0 Å². The van der Waals surface area contributed by atoms with E-state index in [2.05, 4.69) is 0 Å². The summed E-state index contributed by atoms with van der Waals surface area (Å²) in [5.41, 5.74) is 1.82. The molecule has 0 aliphatic carbocycles. The van der Waals surface area contributed by atoms with Crippen LogP contribution >= 0.6 is 11.6 Å². The van der Waals surface area contributed by atoms with Crippen LogP contribution in [0.4, 0.5) is 5.69 Å². The zero-order chi connectivity index (χ0) is 17.8. The van der Waals surface area contributed by atoms with Crippen molar-refractivity contribution in [2.24, 2.45) is 0 Å². The number of benzene rings is 2. The van der Waals surface area contributed by atoms with Crippen molar-refractivity contribution in [2.75, 3.05) is 0 Å². The molecule has 1 heterocycles. The van der Waals surface area contributed by atoms with Crippen molar-refractivity contribution < 1.29 is 9.72 Å². The maximum absolute atomic E-state index is 12.3. The predicted molar refractivity (Wildman–Crippen MR) is 97.2 cm³/mol. The molecule has 0 unspecified atom stereocenters. The van der Waals surface area contributed by atoms with Crippen LogP contribution in [0.2, 0.25) is 5.02 Å². The second-order valence-electron chi connectivity index (χ2n) is 5.30. The van der Waals surface area contributed by atoms with E-state index < -0.39 is 4.92 Å². The highest BCUT2D eigenvalue weighted by Crippen LogP contribution is 2.23. The second-order valence-corrected chi connectivity index (χ2v) is 5.70. The van der Waals surface area contributed by atoms with Gasteiger partial charge in [-0.05, 0) is 60.2 Å². The van der Waals surface area contributed by atoms with Crippen molar-refractivity contribution in [1.29, 1.82) is 0 Å². The van der Waals surface area contributed by atoms with Crippen molar-refractivity contribution in [3.8, 4) is 5.69 Å². The molecule has 124 valence electrons. The fraction of sp³-hybridized carbons (Fsp3) is 0. The lowest BCUT2D eigenvalue weighted by Gasteiger charge is -2.03. The summed E-state index contributed by atoms with van der Waals surface area (Å²) < 4.78 is 1.94. The highest BCUT2D eigenvalue weighted by Gasteiger charge is 2.09. The monoisotopic (exact) mass is 352 g/mol. The number of hydrogen-bond acceptors (Lipinski definition) is 3. The Hall–Kier alpha value is -3.18. The number of carbonyl (C=O) groups excluding carboxylic acids is 1. The molecular weight excluding hydrogens is 340 g/mol. The van der Waals surface area contributed by atoms with Gasteiger partial charge in [0.05, 0.1) is 4.92 Å². The third-order valence-corrected chi connectivity index (χ3v) is 4.00. The van der Waals surface area contributed by atoms with E-state index in [4.69, 9.17) is 11.6 Å². The van der Waals surface area contributed by atoms with Crippen LogP contribution in [0.3, 0.4) is 0 Å². The molecule has 0 spiro atoms. The Morgan fingerprint density at radius 3 is 2.40 bits per heavy atom. The molecule has 0 amide bonds. The van der Waals surface area contributed by atoms with Gasteiger partial charge >= 0.3 is 0 Å². The van der Waals surface area contributed by atoms with Gasteiger partial charge in [0, 0.05) is 40.8 Å². The van der Waals surface area contributed by atoms with Crippen molar-refractivity contribution in [1.82, 2.24) is 4.57 Å². The van der Waals surface area contributed by atoms with Gasteiger partial charge in [-0.2, -0.15) is 0 Å². The zero-order valence-corrected chi connectivity index (χ0v) is 13.8. The van der Waals surface area contributed by atoms with Crippen LogP contribution in [-0.2, 0) is 0 Å². The molecule has 3 rings (SSSR count). The van der Waals surface area contributed by atoms with Gasteiger partial charge in [0.15, 0.2) is 5.78 Å². The van der Waals surface area contributed by atoms with Crippen LogP contribution in [0.1, 0.15) is 15.9 Å². The molecular formula is C19H13ClN2O3. The van der Waals surface area contributed by atoms with Crippen molar-refractivity contribution >= 4 is 29.1 Å². The van der Waals surface area contributed by atoms with Crippen LogP contribution in [0, 0.1) is 10.1 Å². The Morgan fingerprint density at radius 1 is 1.08 bits per heavy atom. The Kier molecular flexibility index (Phi) is 4.77. The summed E-state index contributed by atoms with van der Waals surface area (Å²) in [5.74, 6) is -0.207. The highest BCUT2D eigenvalue weighted by molar-refractivity contribution is 6.32. The summed E-state index contributed by atoms with van der Waals surface area (Å²) >= 11 is 6.02. The second kappa shape index (κ2) is 7.15. The molecule has 3 aromatic rings. The average Bonchev–Trinajstić information content (AvgIpc) is 3.15. The summed E-state index contributed by atoms with van der Waals surface area (Å²) in [7, 11) is 0. The smallest absolute Gasteiger partial charge is 0.270 e. The predicted octanol–water partition coefficient (Wildman–Crippen LogP) is 4.94. The molecule has 25 heavy (non-hydrogen) atoms. The Balaban J connectivity index is 1.79. The SMILES string of the molecule is O=C(/C=C/c1cc([N+](=O)[O-])ccc1Cl)c1ccc(-n2cccc2)cc1. The molecule has 1 aromatic heterocycles. The minimum Gasteiger partial charge on any atom is -0.324 e. The molecule has 0 bridgehead atoms. The van der Waals surface area contributed by atoms with E-state index in [1.807, 2.05) is 41.2 Å². The van der Waals surface area contributed by atoms with Gasteiger partial charge in [-0.1, -0.05) is 11.6 Å². The number of nitro benzene ring substituents is 1. The number of ketones is 1. The first-order valence-electron chi connectivity index (χ1n) is 7.44. The lowest BCUT2D eigenvalue weighted by molar-refractivity contribution is -0.384. The molecule has 0 aliphatic rings. The Morgan fingerprint density at radius 2 is 1.76 bits per heavy atom. The topological polar surface area (TPSA) is 65.1 Å². The number of nitro groups is 1. The number of hydrogen-bond donors (Lipinski definition) is 0. The van der Waals surface area contributed by atoms with E-state index in [0.29, 0.717) is 16.1 Å². The molecule has 0 fully saturated rings. The molecule has 6 heteroatoms. The van der Waals surface area contributed by atoms with Gasteiger partial charge < -0.3 is 4.57 Å². The number of allylic oxidation sites excluding steroid dienone is 1. The van der Waals surface area contributed by atoms with E-state index >= 15 is 0 Å². The van der Waals surface area contributed by atoms with E-state index in [0.717, 1.165) is 5.69 Å². The summed E-state index contributed by atoms with van der Waals surface area (Å²) in [6.45, 7) is 0. The first kappa shape index (κ1) is 16.7. The third-order valence-electron chi connectivity index (χ3n) is 3.66. The van der Waals surface area contributed by atoms with Gasteiger partial charge in [0.2, 0.25) is 0 Å². The molecule has 0 atom stereocenters. The van der Waals surface area contributed by atoms with E-state index in [1.165, 1.54) is 30.4 Å².